The molecule has 0 fully saturated rings. The summed E-state index contributed by atoms with van der Waals surface area (Å²) in [6.07, 6.45) is 0. The summed E-state index contributed by atoms with van der Waals surface area (Å²) in [4.78, 5) is 11.0. The van der Waals surface area contributed by atoms with Crippen molar-refractivity contribution >= 4 is 33.7 Å². The molecule has 0 bridgehead atoms. The highest BCUT2D eigenvalue weighted by Gasteiger charge is 2.17. The van der Waals surface area contributed by atoms with Gasteiger partial charge < -0.3 is 5.11 Å². The Labute approximate surface area is 131 Å². The lowest BCUT2D eigenvalue weighted by atomic mass is 10.2. The van der Waals surface area contributed by atoms with E-state index in [0.29, 0.717) is 16.2 Å². The first-order valence-corrected chi connectivity index (χ1v) is 7.13. The van der Waals surface area contributed by atoms with Gasteiger partial charge in [-0.3, -0.25) is 0 Å². The quantitative estimate of drug-likeness (QED) is 0.867. The van der Waals surface area contributed by atoms with Crippen LogP contribution < -0.4 is 0 Å². The van der Waals surface area contributed by atoms with Crippen molar-refractivity contribution in [3.63, 3.8) is 0 Å². The third kappa shape index (κ3) is 3.40. The molecule has 0 unspecified atom stereocenters. The Bertz CT molecular complexity index is 751. The average Bonchev–Trinajstić information content (AvgIpc) is 2.42. The van der Waals surface area contributed by atoms with Crippen LogP contribution in [-0.4, -0.2) is 11.1 Å². The maximum atomic E-state index is 13.8. The highest BCUT2D eigenvalue weighted by Crippen LogP contribution is 2.36. The minimum absolute atomic E-state index is 0.0636. The molecule has 0 amide bonds. The Balaban J connectivity index is 2.51. The molecule has 0 aliphatic carbocycles. The number of benzene rings is 2. The predicted molar refractivity (Wildman–Crippen MR) is 76.3 cm³/mol. The summed E-state index contributed by atoms with van der Waals surface area (Å²) in [5.41, 5.74) is -0.201. The van der Waals surface area contributed by atoms with Crippen molar-refractivity contribution in [2.24, 2.45) is 0 Å². The van der Waals surface area contributed by atoms with Crippen LogP contribution in [0.2, 0.25) is 0 Å². The van der Waals surface area contributed by atoms with Crippen molar-refractivity contribution < 1.29 is 18.7 Å². The minimum atomic E-state index is -1.19. The smallest absolute Gasteiger partial charge is 0.336 e. The zero-order chi connectivity index (χ0) is 15.6. The van der Waals surface area contributed by atoms with Crippen molar-refractivity contribution in [1.82, 2.24) is 0 Å². The maximum absolute atomic E-state index is 13.8. The Morgan fingerprint density at radius 3 is 2.38 bits per heavy atom. The standard InChI is InChI=1S/C14H6BrF2NO2S/c15-8-1-2-9(14(19)20)12(5-8)21-13-10(16)3-7(6-18)4-11(13)17/h1-5H,(H,19,20). The number of hydrogen-bond acceptors (Lipinski definition) is 3. The number of nitriles is 1. The molecule has 106 valence electrons. The predicted octanol–water partition coefficient (Wildman–Crippen LogP) is 4.45. The van der Waals surface area contributed by atoms with Gasteiger partial charge in [0.05, 0.1) is 22.1 Å². The summed E-state index contributed by atoms with van der Waals surface area (Å²) < 4.78 is 28.3. The van der Waals surface area contributed by atoms with Gasteiger partial charge in [0.15, 0.2) is 0 Å². The van der Waals surface area contributed by atoms with Gasteiger partial charge >= 0.3 is 5.97 Å². The van der Waals surface area contributed by atoms with Gasteiger partial charge in [-0.15, -0.1) is 0 Å². The van der Waals surface area contributed by atoms with Crippen LogP contribution in [0.1, 0.15) is 15.9 Å². The van der Waals surface area contributed by atoms with Gasteiger partial charge in [0, 0.05) is 9.37 Å². The van der Waals surface area contributed by atoms with E-state index in [-0.39, 0.29) is 20.9 Å². The summed E-state index contributed by atoms with van der Waals surface area (Å²) in [6, 6.07) is 7.79. The highest BCUT2D eigenvalue weighted by atomic mass is 79.9. The molecule has 0 heterocycles. The van der Waals surface area contributed by atoms with Gasteiger partial charge in [-0.2, -0.15) is 5.26 Å². The summed E-state index contributed by atoms with van der Waals surface area (Å²) in [5, 5.41) is 17.7. The lowest BCUT2D eigenvalue weighted by molar-refractivity contribution is 0.0693. The number of nitrogens with zero attached hydrogens (tertiary/aromatic N) is 1. The normalized spacial score (nSPS) is 10.2. The third-order valence-corrected chi connectivity index (χ3v) is 4.16. The van der Waals surface area contributed by atoms with Crippen LogP contribution in [0.25, 0.3) is 0 Å². The zero-order valence-corrected chi connectivity index (χ0v) is 12.6. The molecule has 3 nitrogen and oxygen atoms in total. The first-order valence-electron chi connectivity index (χ1n) is 5.52. The molecule has 0 saturated heterocycles. The van der Waals surface area contributed by atoms with Crippen LogP contribution in [0.15, 0.2) is 44.6 Å². The number of carboxylic acid groups (broad SMARTS) is 1. The Morgan fingerprint density at radius 1 is 1.24 bits per heavy atom. The second kappa shape index (κ2) is 6.24. The van der Waals surface area contributed by atoms with E-state index < -0.39 is 17.6 Å². The number of halogens is 3. The molecule has 21 heavy (non-hydrogen) atoms. The molecule has 0 aromatic heterocycles. The molecule has 2 rings (SSSR count). The lowest BCUT2D eigenvalue weighted by Crippen LogP contribution is -1.99. The topological polar surface area (TPSA) is 61.1 Å². The number of carbonyl (C=O) groups is 1. The van der Waals surface area contributed by atoms with E-state index in [1.54, 1.807) is 6.07 Å². The Hall–Kier alpha value is -1.91. The van der Waals surface area contributed by atoms with Crippen LogP contribution in [0.3, 0.4) is 0 Å². The minimum Gasteiger partial charge on any atom is -0.478 e. The largest absolute Gasteiger partial charge is 0.478 e. The van der Waals surface area contributed by atoms with Crippen LogP contribution in [-0.2, 0) is 0 Å². The fourth-order valence-corrected chi connectivity index (χ4v) is 3.09. The van der Waals surface area contributed by atoms with Gasteiger partial charge in [0.25, 0.3) is 0 Å². The summed E-state index contributed by atoms with van der Waals surface area (Å²) in [5.74, 6) is -3.01. The van der Waals surface area contributed by atoms with Gasteiger partial charge in [-0.25, -0.2) is 13.6 Å². The van der Waals surface area contributed by atoms with E-state index in [4.69, 9.17) is 10.4 Å². The molecule has 7 heteroatoms. The van der Waals surface area contributed by atoms with Gasteiger partial charge in [0.1, 0.15) is 11.6 Å². The van der Waals surface area contributed by atoms with Gasteiger partial charge in [0.2, 0.25) is 0 Å². The summed E-state index contributed by atoms with van der Waals surface area (Å²) >= 11 is 3.84. The molecule has 0 spiro atoms. The second-order valence-corrected chi connectivity index (χ2v) is 5.90. The molecule has 2 aromatic rings. The molecular weight excluding hydrogens is 364 g/mol. The van der Waals surface area contributed by atoms with Crippen molar-refractivity contribution in [2.45, 2.75) is 9.79 Å². The molecule has 0 atom stereocenters. The molecule has 0 saturated carbocycles. The molecule has 0 aliphatic heterocycles. The van der Waals surface area contributed by atoms with E-state index in [9.17, 15) is 13.6 Å². The average molecular weight is 370 g/mol. The van der Waals surface area contributed by atoms with E-state index in [1.807, 2.05) is 0 Å². The van der Waals surface area contributed by atoms with E-state index in [1.165, 1.54) is 18.2 Å². The summed E-state index contributed by atoms with van der Waals surface area (Å²) in [6.45, 7) is 0. The van der Waals surface area contributed by atoms with Crippen LogP contribution in [0.4, 0.5) is 8.78 Å². The van der Waals surface area contributed by atoms with Crippen molar-refractivity contribution in [3.05, 3.63) is 57.6 Å². The summed E-state index contributed by atoms with van der Waals surface area (Å²) in [7, 11) is 0. The monoisotopic (exact) mass is 369 g/mol. The van der Waals surface area contributed by atoms with E-state index >= 15 is 0 Å². The fraction of sp³-hybridized carbons (Fsp3) is 0. The van der Waals surface area contributed by atoms with Gasteiger partial charge in [-0.1, -0.05) is 27.7 Å². The molecule has 0 aliphatic rings. The molecule has 1 N–H and O–H groups in total. The molecule has 2 aromatic carbocycles. The van der Waals surface area contributed by atoms with Crippen LogP contribution in [0, 0.1) is 23.0 Å². The zero-order valence-electron chi connectivity index (χ0n) is 10.2. The number of aromatic carboxylic acids is 1. The van der Waals surface area contributed by atoms with E-state index in [0.717, 1.165) is 12.1 Å². The van der Waals surface area contributed by atoms with Crippen molar-refractivity contribution in [2.75, 3.05) is 0 Å². The highest BCUT2D eigenvalue weighted by molar-refractivity contribution is 9.10. The van der Waals surface area contributed by atoms with Crippen LogP contribution >= 0.6 is 27.7 Å². The fourth-order valence-electron chi connectivity index (χ4n) is 1.59. The maximum Gasteiger partial charge on any atom is 0.336 e. The van der Waals surface area contributed by atoms with Gasteiger partial charge in [-0.05, 0) is 30.3 Å². The van der Waals surface area contributed by atoms with E-state index in [2.05, 4.69) is 15.9 Å². The first kappa shape index (κ1) is 15.5. The Morgan fingerprint density at radius 2 is 1.86 bits per heavy atom. The molecule has 0 radical (unpaired) electrons. The first-order chi connectivity index (χ1) is 9.92. The number of carboxylic acids is 1. The molecular formula is C14H6BrF2NO2S. The number of rotatable bonds is 3. The van der Waals surface area contributed by atoms with Crippen molar-refractivity contribution in [1.29, 1.82) is 5.26 Å². The number of hydrogen-bond donors (Lipinski definition) is 1. The second-order valence-electron chi connectivity index (χ2n) is 3.93. The Kier molecular flexibility index (Phi) is 4.60. The van der Waals surface area contributed by atoms with Crippen molar-refractivity contribution in [3.8, 4) is 6.07 Å². The van der Waals surface area contributed by atoms with Crippen LogP contribution in [0.5, 0.6) is 0 Å². The SMILES string of the molecule is N#Cc1cc(F)c(Sc2cc(Br)ccc2C(=O)O)c(F)c1. The lowest BCUT2D eigenvalue weighted by Gasteiger charge is -2.08. The third-order valence-electron chi connectivity index (χ3n) is 2.51.